The third-order valence-electron chi connectivity index (χ3n) is 5.89. The van der Waals surface area contributed by atoms with E-state index in [4.69, 9.17) is 13.9 Å². The summed E-state index contributed by atoms with van der Waals surface area (Å²) >= 11 is 0. The van der Waals surface area contributed by atoms with Gasteiger partial charge in [0.15, 0.2) is 11.5 Å². The Morgan fingerprint density at radius 1 is 1.14 bits per heavy atom. The smallest absolute Gasteiger partial charge is 0.322 e. The minimum atomic E-state index is -0.231. The molecule has 1 aromatic carbocycles. The van der Waals surface area contributed by atoms with Crippen LogP contribution in [0.3, 0.4) is 0 Å². The molecule has 1 amide bonds. The second-order valence-electron chi connectivity index (χ2n) is 7.70. The van der Waals surface area contributed by atoms with Crippen molar-refractivity contribution in [3.05, 3.63) is 29.7 Å². The molecule has 1 aliphatic carbocycles. The molecule has 0 spiro atoms. The van der Waals surface area contributed by atoms with Gasteiger partial charge in [0, 0.05) is 18.0 Å². The van der Waals surface area contributed by atoms with Gasteiger partial charge in [-0.15, -0.1) is 5.10 Å². The Kier molecular flexibility index (Phi) is 4.64. The zero-order valence-electron chi connectivity index (χ0n) is 15.7. The van der Waals surface area contributed by atoms with Gasteiger partial charge in [-0.25, -0.2) is 0 Å². The van der Waals surface area contributed by atoms with Crippen molar-refractivity contribution in [2.75, 3.05) is 18.7 Å². The van der Waals surface area contributed by atoms with Crippen molar-refractivity contribution in [1.29, 1.82) is 0 Å². The highest BCUT2D eigenvalue weighted by molar-refractivity contribution is 5.93. The summed E-state index contributed by atoms with van der Waals surface area (Å²) in [5.74, 6) is 2.46. The van der Waals surface area contributed by atoms with Crippen LogP contribution in [0, 0.1) is 0 Å². The van der Waals surface area contributed by atoms with E-state index in [-0.39, 0.29) is 24.8 Å². The van der Waals surface area contributed by atoms with Gasteiger partial charge in [-0.3, -0.25) is 15.0 Å². The molecular formula is C20H24N4O4. The molecule has 1 saturated carbocycles. The summed E-state index contributed by atoms with van der Waals surface area (Å²) in [7, 11) is 0. The number of piperidine rings is 1. The van der Waals surface area contributed by atoms with Gasteiger partial charge < -0.3 is 13.9 Å². The Labute approximate surface area is 163 Å². The predicted molar refractivity (Wildman–Crippen MR) is 100 cm³/mol. The lowest BCUT2D eigenvalue weighted by Crippen LogP contribution is -2.46. The number of rotatable bonds is 5. The molecule has 0 unspecified atom stereocenters. The van der Waals surface area contributed by atoms with E-state index >= 15 is 0 Å². The summed E-state index contributed by atoms with van der Waals surface area (Å²) in [6, 6.07) is 5.87. The highest BCUT2D eigenvalue weighted by atomic mass is 16.7. The average Bonchev–Trinajstić information content (AvgIpc) is 3.31. The fourth-order valence-corrected chi connectivity index (χ4v) is 4.11. The van der Waals surface area contributed by atoms with Crippen LogP contribution in [0.1, 0.15) is 55.9 Å². The number of aromatic nitrogens is 2. The van der Waals surface area contributed by atoms with Crippen LogP contribution < -0.4 is 14.8 Å². The Morgan fingerprint density at radius 2 is 2.07 bits per heavy atom. The van der Waals surface area contributed by atoms with Crippen molar-refractivity contribution < 1.29 is 18.7 Å². The monoisotopic (exact) mass is 384 g/mol. The maximum absolute atomic E-state index is 12.9. The fourth-order valence-electron chi connectivity index (χ4n) is 4.11. The highest BCUT2D eigenvalue weighted by Gasteiger charge is 2.32. The highest BCUT2D eigenvalue weighted by Crippen LogP contribution is 2.37. The number of likely N-dealkylation sites (tertiary alicyclic amines) is 1. The molecule has 28 heavy (non-hydrogen) atoms. The summed E-state index contributed by atoms with van der Waals surface area (Å²) < 4.78 is 16.7. The topological polar surface area (TPSA) is 89.7 Å². The largest absolute Gasteiger partial charge is 0.454 e. The lowest BCUT2D eigenvalue weighted by molar-refractivity contribution is -0.122. The first-order chi connectivity index (χ1) is 13.8. The van der Waals surface area contributed by atoms with E-state index < -0.39 is 0 Å². The fraction of sp³-hybridized carbons (Fsp3) is 0.550. The molecule has 2 aromatic rings. The van der Waals surface area contributed by atoms with Crippen LogP contribution in [-0.4, -0.2) is 40.4 Å². The lowest BCUT2D eigenvalue weighted by atomic mass is 9.85. The van der Waals surface area contributed by atoms with E-state index in [0.717, 1.165) is 55.7 Å². The van der Waals surface area contributed by atoms with E-state index in [1.54, 1.807) is 0 Å². The number of nitrogens with zero attached hydrogens (tertiary/aromatic N) is 3. The number of carbonyl (C=O) groups excluding carboxylic acids is 1. The molecule has 3 heterocycles. The number of fused-ring (bicyclic) bond motifs is 1. The van der Waals surface area contributed by atoms with Crippen molar-refractivity contribution in [3.8, 4) is 11.5 Å². The van der Waals surface area contributed by atoms with E-state index in [1.165, 1.54) is 6.42 Å². The van der Waals surface area contributed by atoms with Gasteiger partial charge in [-0.2, -0.15) is 0 Å². The summed E-state index contributed by atoms with van der Waals surface area (Å²) in [5, 5.41) is 10.9. The Hall–Kier alpha value is -2.61. The SMILES string of the molecule is O=C(Nc1nnc(C2CCC2)o1)[C@H]1CCCCN1Cc1cccc2c1OCO2. The molecule has 1 atom stereocenters. The van der Waals surface area contributed by atoms with Crippen molar-refractivity contribution in [3.63, 3.8) is 0 Å². The van der Waals surface area contributed by atoms with Crippen LogP contribution in [0.4, 0.5) is 6.01 Å². The maximum Gasteiger partial charge on any atom is 0.322 e. The summed E-state index contributed by atoms with van der Waals surface area (Å²) in [4.78, 5) is 15.1. The van der Waals surface area contributed by atoms with Crippen LogP contribution in [0.15, 0.2) is 22.6 Å². The maximum atomic E-state index is 12.9. The van der Waals surface area contributed by atoms with E-state index in [1.807, 2.05) is 18.2 Å². The van der Waals surface area contributed by atoms with Gasteiger partial charge in [-0.05, 0) is 38.3 Å². The van der Waals surface area contributed by atoms with E-state index in [2.05, 4.69) is 20.4 Å². The van der Waals surface area contributed by atoms with Crippen LogP contribution in [0.5, 0.6) is 11.5 Å². The predicted octanol–water partition coefficient (Wildman–Crippen LogP) is 3.06. The van der Waals surface area contributed by atoms with E-state index in [9.17, 15) is 4.79 Å². The lowest BCUT2D eigenvalue weighted by Gasteiger charge is -2.34. The molecule has 2 fully saturated rings. The van der Waals surface area contributed by atoms with Gasteiger partial charge in [0.2, 0.25) is 18.6 Å². The van der Waals surface area contributed by atoms with Gasteiger partial charge in [0.05, 0.1) is 6.04 Å². The first-order valence-corrected chi connectivity index (χ1v) is 10.0. The number of anilines is 1. The minimum absolute atomic E-state index is 0.0896. The van der Waals surface area contributed by atoms with Gasteiger partial charge >= 0.3 is 6.01 Å². The number of amides is 1. The van der Waals surface area contributed by atoms with Crippen LogP contribution in [0.2, 0.25) is 0 Å². The number of ether oxygens (including phenoxy) is 2. The van der Waals surface area contributed by atoms with Gasteiger partial charge in [0.25, 0.3) is 0 Å². The summed E-state index contributed by atoms with van der Waals surface area (Å²) in [6.45, 7) is 1.75. The standard InChI is InChI=1S/C20H24N4O4/c25-18(21-20-23-22-19(28-20)13-5-3-6-13)15-8-1-2-10-24(15)11-14-7-4-9-16-17(14)27-12-26-16/h4,7,9,13,15H,1-3,5-6,8,10-12H2,(H,21,23,25)/t15-/m1/s1. The third-order valence-corrected chi connectivity index (χ3v) is 5.89. The average molecular weight is 384 g/mol. The first kappa shape index (κ1) is 17.5. The number of para-hydroxylation sites is 1. The van der Waals surface area contributed by atoms with Crippen LogP contribution in [-0.2, 0) is 11.3 Å². The zero-order valence-corrected chi connectivity index (χ0v) is 15.7. The number of hydrogen-bond acceptors (Lipinski definition) is 7. The van der Waals surface area contributed by atoms with Crippen molar-refractivity contribution in [2.45, 2.75) is 57.0 Å². The normalized spacial score (nSPS) is 22.1. The molecule has 8 nitrogen and oxygen atoms in total. The molecule has 8 heteroatoms. The molecule has 1 saturated heterocycles. The minimum Gasteiger partial charge on any atom is -0.454 e. The molecule has 1 aromatic heterocycles. The second kappa shape index (κ2) is 7.43. The quantitative estimate of drug-likeness (QED) is 0.847. The number of nitrogens with one attached hydrogen (secondary N) is 1. The zero-order chi connectivity index (χ0) is 18.9. The van der Waals surface area contributed by atoms with Crippen molar-refractivity contribution in [1.82, 2.24) is 15.1 Å². The van der Waals surface area contributed by atoms with Crippen LogP contribution >= 0.6 is 0 Å². The Morgan fingerprint density at radius 3 is 2.93 bits per heavy atom. The van der Waals surface area contributed by atoms with Crippen molar-refractivity contribution in [2.24, 2.45) is 0 Å². The molecule has 0 radical (unpaired) electrons. The van der Waals surface area contributed by atoms with Gasteiger partial charge in [0.1, 0.15) is 0 Å². The first-order valence-electron chi connectivity index (χ1n) is 10.0. The third kappa shape index (κ3) is 3.32. The molecular weight excluding hydrogens is 360 g/mol. The van der Waals surface area contributed by atoms with Crippen molar-refractivity contribution >= 4 is 11.9 Å². The molecule has 1 N–H and O–H groups in total. The van der Waals surface area contributed by atoms with Crippen LogP contribution in [0.25, 0.3) is 0 Å². The molecule has 2 aliphatic heterocycles. The Bertz CT molecular complexity index is 864. The summed E-state index contributed by atoms with van der Waals surface area (Å²) in [5.41, 5.74) is 1.04. The van der Waals surface area contributed by atoms with E-state index in [0.29, 0.717) is 18.4 Å². The van der Waals surface area contributed by atoms with Gasteiger partial charge in [-0.1, -0.05) is 30.1 Å². The molecule has 148 valence electrons. The second-order valence-corrected chi connectivity index (χ2v) is 7.70. The molecule has 5 rings (SSSR count). The molecule has 0 bridgehead atoms. The Balaban J connectivity index is 1.28. The number of benzene rings is 1. The number of hydrogen-bond donors (Lipinski definition) is 1. The number of carbonyl (C=O) groups is 1. The molecule has 3 aliphatic rings. The summed E-state index contributed by atoms with van der Waals surface area (Å²) in [6.07, 6.45) is 6.27.